The van der Waals surface area contributed by atoms with Gasteiger partial charge >= 0.3 is 0 Å². The van der Waals surface area contributed by atoms with Gasteiger partial charge in [-0.15, -0.1) is 0 Å². The average Bonchev–Trinajstić information content (AvgIpc) is 2.30. The van der Waals surface area contributed by atoms with Crippen molar-refractivity contribution in [3.05, 3.63) is 0 Å². The third-order valence-corrected chi connectivity index (χ3v) is 2.12. The van der Waals surface area contributed by atoms with Gasteiger partial charge in [-0.05, 0) is 19.9 Å². The van der Waals surface area contributed by atoms with Crippen molar-refractivity contribution in [1.29, 1.82) is 0 Å². The average molecular weight is 141 g/mol. The van der Waals surface area contributed by atoms with Crippen molar-refractivity contribution in [3.63, 3.8) is 0 Å². The van der Waals surface area contributed by atoms with Gasteiger partial charge in [0.15, 0.2) is 0 Å². The van der Waals surface area contributed by atoms with E-state index in [1.54, 1.807) is 0 Å². The number of hydrogen-bond donors (Lipinski definition) is 0. The molecule has 0 saturated carbocycles. The Morgan fingerprint density at radius 1 is 1.20 bits per heavy atom. The monoisotopic (exact) mass is 141 g/mol. The van der Waals surface area contributed by atoms with Crippen LogP contribution in [0.5, 0.6) is 0 Å². The SMILES string of the molecule is CN1C(C=O)CCC1C=O. The predicted octanol–water partition coefficient (Wildman–Crippen LogP) is -0.153. The molecule has 2 unspecified atom stereocenters. The highest BCUT2D eigenvalue weighted by Gasteiger charge is 2.29. The highest BCUT2D eigenvalue weighted by Crippen LogP contribution is 2.18. The van der Waals surface area contributed by atoms with E-state index in [9.17, 15) is 9.59 Å². The van der Waals surface area contributed by atoms with Crippen molar-refractivity contribution in [2.24, 2.45) is 0 Å². The lowest BCUT2D eigenvalue weighted by atomic mass is 10.2. The summed E-state index contributed by atoms with van der Waals surface area (Å²) in [6.07, 6.45) is 3.46. The Morgan fingerprint density at radius 3 is 1.80 bits per heavy atom. The minimum Gasteiger partial charge on any atom is -0.302 e. The number of rotatable bonds is 2. The maximum absolute atomic E-state index is 10.3. The Bertz CT molecular complexity index is 131. The highest BCUT2D eigenvalue weighted by atomic mass is 16.1. The highest BCUT2D eigenvalue weighted by molar-refractivity contribution is 5.64. The Kier molecular flexibility index (Phi) is 2.17. The van der Waals surface area contributed by atoms with Crippen molar-refractivity contribution in [1.82, 2.24) is 4.90 Å². The van der Waals surface area contributed by atoms with Gasteiger partial charge in [-0.2, -0.15) is 0 Å². The van der Waals surface area contributed by atoms with Gasteiger partial charge in [0.05, 0.1) is 12.1 Å². The molecule has 0 aromatic carbocycles. The predicted molar refractivity (Wildman–Crippen MR) is 36.7 cm³/mol. The summed E-state index contributed by atoms with van der Waals surface area (Å²) < 4.78 is 0. The van der Waals surface area contributed by atoms with Crippen LogP contribution in [0.15, 0.2) is 0 Å². The molecule has 3 heteroatoms. The van der Waals surface area contributed by atoms with Crippen molar-refractivity contribution in [3.8, 4) is 0 Å². The van der Waals surface area contributed by atoms with Gasteiger partial charge in [0, 0.05) is 0 Å². The zero-order valence-corrected chi connectivity index (χ0v) is 5.99. The molecule has 0 radical (unpaired) electrons. The molecule has 0 aromatic rings. The van der Waals surface area contributed by atoms with E-state index in [0.717, 1.165) is 25.4 Å². The normalized spacial score (nSPS) is 34.1. The first-order chi connectivity index (χ1) is 4.79. The Hall–Kier alpha value is -0.700. The van der Waals surface area contributed by atoms with Crippen LogP contribution in [-0.2, 0) is 9.59 Å². The molecule has 10 heavy (non-hydrogen) atoms. The topological polar surface area (TPSA) is 37.4 Å². The number of aldehydes is 2. The first-order valence-corrected chi connectivity index (χ1v) is 3.42. The quantitative estimate of drug-likeness (QED) is 0.502. The van der Waals surface area contributed by atoms with Crippen molar-refractivity contribution < 1.29 is 9.59 Å². The van der Waals surface area contributed by atoms with E-state index in [0.29, 0.717) is 0 Å². The third kappa shape index (κ3) is 1.09. The van der Waals surface area contributed by atoms with E-state index in [1.165, 1.54) is 0 Å². The molecule has 1 fully saturated rings. The summed E-state index contributed by atoms with van der Waals surface area (Å²) in [5.41, 5.74) is 0. The summed E-state index contributed by atoms with van der Waals surface area (Å²) in [4.78, 5) is 22.5. The second-order valence-electron chi connectivity index (χ2n) is 2.65. The van der Waals surface area contributed by atoms with Gasteiger partial charge in [-0.3, -0.25) is 4.90 Å². The zero-order chi connectivity index (χ0) is 7.56. The zero-order valence-electron chi connectivity index (χ0n) is 5.99. The fraction of sp³-hybridized carbons (Fsp3) is 0.714. The molecule has 0 spiro atoms. The molecule has 0 aliphatic carbocycles. The van der Waals surface area contributed by atoms with Crippen LogP contribution in [0.1, 0.15) is 12.8 Å². The van der Waals surface area contributed by atoms with Crippen molar-refractivity contribution in [2.45, 2.75) is 24.9 Å². The lowest BCUT2D eigenvalue weighted by Crippen LogP contribution is -2.33. The van der Waals surface area contributed by atoms with Gasteiger partial charge < -0.3 is 9.59 Å². The van der Waals surface area contributed by atoms with Crippen molar-refractivity contribution in [2.75, 3.05) is 7.05 Å². The van der Waals surface area contributed by atoms with Crippen LogP contribution in [-0.4, -0.2) is 36.6 Å². The van der Waals surface area contributed by atoms with Gasteiger partial charge in [0.1, 0.15) is 12.6 Å². The summed E-state index contributed by atoms with van der Waals surface area (Å²) in [7, 11) is 1.81. The van der Waals surface area contributed by atoms with E-state index in [1.807, 2.05) is 11.9 Å². The molecule has 0 amide bonds. The Morgan fingerprint density at radius 2 is 1.60 bits per heavy atom. The number of hydrogen-bond acceptors (Lipinski definition) is 3. The first kappa shape index (κ1) is 7.41. The summed E-state index contributed by atoms with van der Waals surface area (Å²) in [5, 5.41) is 0. The largest absolute Gasteiger partial charge is 0.302 e. The van der Waals surface area contributed by atoms with E-state index in [2.05, 4.69) is 0 Å². The molecule has 1 aliphatic rings. The maximum atomic E-state index is 10.3. The van der Waals surface area contributed by atoms with Crippen LogP contribution in [0.25, 0.3) is 0 Å². The molecule has 1 heterocycles. The standard InChI is InChI=1S/C7H11NO2/c1-8-6(4-9)2-3-7(8)5-10/h4-7H,2-3H2,1H3. The molecule has 1 aliphatic heterocycles. The van der Waals surface area contributed by atoms with E-state index in [-0.39, 0.29) is 12.1 Å². The third-order valence-electron chi connectivity index (χ3n) is 2.12. The number of likely N-dealkylation sites (N-methyl/N-ethyl adjacent to an activating group) is 1. The molecule has 0 N–H and O–H groups in total. The van der Waals surface area contributed by atoms with E-state index < -0.39 is 0 Å². The van der Waals surface area contributed by atoms with Crippen LogP contribution >= 0.6 is 0 Å². The lowest BCUT2D eigenvalue weighted by Gasteiger charge is -2.16. The number of carbonyl (C=O) groups is 2. The van der Waals surface area contributed by atoms with E-state index in [4.69, 9.17) is 0 Å². The van der Waals surface area contributed by atoms with Crippen LogP contribution in [0.4, 0.5) is 0 Å². The number of likely N-dealkylation sites (tertiary alicyclic amines) is 1. The summed E-state index contributed by atoms with van der Waals surface area (Å²) in [6, 6.07) is -0.0644. The maximum Gasteiger partial charge on any atom is 0.137 e. The molecular formula is C7H11NO2. The van der Waals surface area contributed by atoms with Crippen LogP contribution in [0.3, 0.4) is 0 Å². The second kappa shape index (κ2) is 2.92. The molecule has 1 saturated heterocycles. The minimum atomic E-state index is -0.0322. The van der Waals surface area contributed by atoms with Crippen molar-refractivity contribution >= 4 is 12.6 Å². The fourth-order valence-corrected chi connectivity index (χ4v) is 1.32. The second-order valence-corrected chi connectivity index (χ2v) is 2.65. The molecule has 2 atom stereocenters. The Balaban J connectivity index is 2.56. The molecule has 0 bridgehead atoms. The van der Waals surface area contributed by atoms with E-state index >= 15 is 0 Å². The first-order valence-electron chi connectivity index (χ1n) is 3.42. The van der Waals surface area contributed by atoms with Gasteiger partial charge in [-0.25, -0.2) is 0 Å². The van der Waals surface area contributed by atoms with Crippen LogP contribution in [0, 0.1) is 0 Å². The van der Waals surface area contributed by atoms with Gasteiger partial charge in [-0.1, -0.05) is 0 Å². The van der Waals surface area contributed by atoms with Crippen LogP contribution in [0.2, 0.25) is 0 Å². The molecular weight excluding hydrogens is 130 g/mol. The summed E-state index contributed by atoms with van der Waals surface area (Å²) in [5.74, 6) is 0. The molecule has 56 valence electrons. The molecule has 3 nitrogen and oxygen atoms in total. The van der Waals surface area contributed by atoms with Gasteiger partial charge in [0.2, 0.25) is 0 Å². The number of nitrogens with zero attached hydrogens (tertiary/aromatic N) is 1. The molecule has 1 rings (SSSR count). The minimum absolute atomic E-state index is 0.0322. The lowest BCUT2D eigenvalue weighted by molar-refractivity contribution is -0.114. The summed E-state index contributed by atoms with van der Waals surface area (Å²) in [6.45, 7) is 0. The molecule has 0 aromatic heterocycles. The summed E-state index contributed by atoms with van der Waals surface area (Å²) >= 11 is 0. The smallest absolute Gasteiger partial charge is 0.137 e. The number of carbonyl (C=O) groups excluding carboxylic acids is 2. The van der Waals surface area contributed by atoms with Crippen LogP contribution < -0.4 is 0 Å². The fourth-order valence-electron chi connectivity index (χ4n) is 1.32. The van der Waals surface area contributed by atoms with Gasteiger partial charge in [0.25, 0.3) is 0 Å². The Labute approximate surface area is 60.0 Å².